The topological polar surface area (TPSA) is 64.8 Å². The zero-order valence-corrected chi connectivity index (χ0v) is 18.9. The van der Waals surface area contributed by atoms with E-state index in [1.54, 1.807) is 30.3 Å². The molecule has 8 heteroatoms. The molecule has 158 valence electrons. The maximum Gasteiger partial charge on any atom is 0.191 e. The van der Waals surface area contributed by atoms with Crippen LogP contribution in [0.5, 0.6) is 0 Å². The van der Waals surface area contributed by atoms with Gasteiger partial charge in [0.05, 0.1) is 17.2 Å². The van der Waals surface area contributed by atoms with Gasteiger partial charge in [0.1, 0.15) is 0 Å². The van der Waals surface area contributed by atoms with Crippen LogP contribution >= 0.6 is 23.4 Å². The van der Waals surface area contributed by atoms with Gasteiger partial charge in [-0.3, -0.25) is 4.57 Å². The minimum atomic E-state index is -3.35. The second kappa shape index (κ2) is 9.68. The highest BCUT2D eigenvalue weighted by atomic mass is 35.5. The summed E-state index contributed by atoms with van der Waals surface area (Å²) in [7, 11) is -3.35. The maximum absolute atomic E-state index is 12.6. The molecular formula is C23H20ClN3O2S2. The first-order chi connectivity index (χ1) is 15.0. The molecule has 1 heterocycles. The molecular weight excluding hydrogens is 450 g/mol. The van der Waals surface area contributed by atoms with E-state index in [2.05, 4.69) is 10.2 Å². The SMILES string of the molecule is O=S(=O)(CCSc1nnc(-c2ccc(Cl)cc2)n1Cc1ccccc1)c1ccccc1. The van der Waals surface area contributed by atoms with Crippen molar-refractivity contribution in [1.82, 2.24) is 14.8 Å². The first-order valence-corrected chi connectivity index (χ1v) is 12.7. The van der Waals surface area contributed by atoms with Gasteiger partial charge in [-0.25, -0.2) is 8.42 Å². The van der Waals surface area contributed by atoms with E-state index in [1.165, 1.54) is 11.8 Å². The molecule has 1 aromatic heterocycles. The Bertz CT molecular complexity index is 1240. The summed E-state index contributed by atoms with van der Waals surface area (Å²) >= 11 is 7.42. The summed E-state index contributed by atoms with van der Waals surface area (Å²) in [6.07, 6.45) is 0. The van der Waals surface area contributed by atoms with Crippen LogP contribution in [0.4, 0.5) is 0 Å². The lowest BCUT2D eigenvalue weighted by atomic mass is 10.2. The average Bonchev–Trinajstić information content (AvgIpc) is 3.18. The highest BCUT2D eigenvalue weighted by Crippen LogP contribution is 2.27. The van der Waals surface area contributed by atoms with Crippen LogP contribution in [0, 0.1) is 0 Å². The Balaban J connectivity index is 1.57. The van der Waals surface area contributed by atoms with E-state index < -0.39 is 9.84 Å². The monoisotopic (exact) mass is 469 g/mol. The molecule has 4 aromatic rings. The van der Waals surface area contributed by atoms with Crippen molar-refractivity contribution in [3.63, 3.8) is 0 Å². The molecule has 0 atom stereocenters. The molecule has 0 saturated heterocycles. The lowest BCUT2D eigenvalue weighted by Crippen LogP contribution is -2.10. The summed E-state index contributed by atoms with van der Waals surface area (Å²) in [5, 5.41) is 10.1. The van der Waals surface area contributed by atoms with E-state index in [1.807, 2.05) is 59.2 Å². The van der Waals surface area contributed by atoms with Crippen molar-refractivity contribution >= 4 is 33.2 Å². The van der Waals surface area contributed by atoms with Gasteiger partial charge < -0.3 is 0 Å². The van der Waals surface area contributed by atoms with Crippen molar-refractivity contribution < 1.29 is 8.42 Å². The van der Waals surface area contributed by atoms with Crippen molar-refractivity contribution in [3.05, 3.63) is 95.5 Å². The molecule has 0 saturated carbocycles. The molecule has 4 rings (SSSR count). The fourth-order valence-corrected chi connectivity index (χ4v) is 5.84. The van der Waals surface area contributed by atoms with Gasteiger partial charge in [-0.2, -0.15) is 0 Å². The summed E-state index contributed by atoms with van der Waals surface area (Å²) in [4.78, 5) is 0.336. The number of thioether (sulfide) groups is 1. The standard InChI is InChI=1S/C23H20ClN3O2S2/c24-20-13-11-19(12-14-20)22-25-26-23(27(22)17-18-7-3-1-4-8-18)30-15-16-31(28,29)21-9-5-2-6-10-21/h1-14H,15-17H2. The summed E-state index contributed by atoms with van der Waals surface area (Å²) < 4.78 is 27.2. The minimum absolute atomic E-state index is 0.0240. The highest BCUT2D eigenvalue weighted by molar-refractivity contribution is 8.00. The Morgan fingerprint density at radius 2 is 1.48 bits per heavy atom. The highest BCUT2D eigenvalue weighted by Gasteiger charge is 2.18. The van der Waals surface area contributed by atoms with Crippen molar-refractivity contribution in [2.75, 3.05) is 11.5 Å². The fourth-order valence-electron chi connectivity index (χ4n) is 3.10. The van der Waals surface area contributed by atoms with Crippen LogP contribution in [0.15, 0.2) is 95.0 Å². The molecule has 0 aliphatic carbocycles. The van der Waals surface area contributed by atoms with Gasteiger partial charge in [0.25, 0.3) is 0 Å². The van der Waals surface area contributed by atoms with Crippen LogP contribution in [-0.2, 0) is 16.4 Å². The van der Waals surface area contributed by atoms with E-state index in [0.29, 0.717) is 33.2 Å². The zero-order chi connectivity index (χ0) is 21.7. The van der Waals surface area contributed by atoms with Crippen LogP contribution in [0.1, 0.15) is 5.56 Å². The lowest BCUT2D eigenvalue weighted by Gasteiger charge is -2.11. The summed E-state index contributed by atoms with van der Waals surface area (Å²) in [6, 6.07) is 26.0. The van der Waals surface area contributed by atoms with Gasteiger partial charge in [-0.1, -0.05) is 71.9 Å². The number of sulfone groups is 1. The van der Waals surface area contributed by atoms with Crippen molar-refractivity contribution in [2.24, 2.45) is 0 Å². The maximum atomic E-state index is 12.6. The van der Waals surface area contributed by atoms with Gasteiger partial charge in [-0.05, 0) is 42.0 Å². The van der Waals surface area contributed by atoms with Gasteiger partial charge in [0.15, 0.2) is 20.8 Å². The van der Waals surface area contributed by atoms with Gasteiger partial charge in [-0.15, -0.1) is 10.2 Å². The van der Waals surface area contributed by atoms with E-state index >= 15 is 0 Å². The van der Waals surface area contributed by atoms with Crippen molar-refractivity contribution in [1.29, 1.82) is 0 Å². The molecule has 0 aliphatic rings. The number of benzene rings is 3. The average molecular weight is 470 g/mol. The second-order valence-corrected chi connectivity index (χ2v) is 10.5. The Kier molecular flexibility index (Phi) is 6.75. The van der Waals surface area contributed by atoms with Gasteiger partial charge in [0.2, 0.25) is 0 Å². The van der Waals surface area contributed by atoms with Crippen LogP contribution in [0.3, 0.4) is 0 Å². The third kappa shape index (κ3) is 5.36. The predicted octanol–water partition coefficient (Wildman–Crippen LogP) is 5.21. The Labute approximate surface area is 191 Å². The molecule has 0 unspecified atom stereocenters. The van der Waals surface area contributed by atoms with Crippen molar-refractivity contribution in [3.8, 4) is 11.4 Å². The molecule has 0 bridgehead atoms. The van der Waals surface area contributed by atoms with Crippen LogP contribution < -0.4 is 0 Å². The summed E-state index contributed by atoms with van der Waals surface area (Å²) in [5.41, 5.74) is 2.01. The summed E-state index contributed by atoms with van der Waals surface area (Å²) in [6.45, 7) is 0.583. The second-order valence-electron chi connectivity index (χ2n) is 6.87. The molecule has 0 N–H and O–H groups in total. The molecule has 0 fully saturated rings. The molecule has 0 radical (unpaired) electrons. The largest absolute Gasteiger partial charge is 0.298 e. The number of hydrogen-bond donors (Lipinski definition) is 0. The Morgan fingerprint density at radius 3 is 2.16 bits per heavy atom. The molecule has 0 aliphatic heterocycles. The van der Waals surface area contributed by atoms with Crippen LogP contribution in [-0.4, -0.2) is 34.7 Å². The Morgan fingerprint density at radius 1 is 0.839 bits per heavy atom. The van der Waals surface area contributed by atoms with E-state index in [-0.39, 0.29) is 5.75 Å². The number of halogens is 1. The van der Waals surface area contributed by atoms with Crippen molar-refractivity contribution in [2.45, 2.75) is 16.6 Å². The predicted molar refractivity (Wildman–Crippen MR) is 125 cm³/mol. The number of rotatable bonds is 8. The molecule has 3 aromatic carbocycles. The number of hydrogen-bond acceptors (Lipinski definition) is 5. The minimum Gasteiger partial charge on any atom is -0.298 e. The van der Waals surface area contributed by atoms with Crippen LogP contribution in [0.2, 0.25) is 5.02 Å². The van der Waals surface area contributed by atoms with Crippen LogP contribution in [0.25, 0.3) is 11.4 Å². The Hall–Kier alpha value is -2.61. The number of nitrogens with zero attached hydrogens (tertiary/aromatic N) is 3. The fraction of sp³-hybridized carbons (Fsp3) is 0.130. The van der Waals surface area contributed by atoms with Gasteiger partial charge >= 0.3 is 0 Å². The normalized spacial score (nSPS) is 11.5. The molecule has 0 spiro atoms. The molecule has 31 heavy (non-hydrogen) atoms. The quantitative estimate of drug-likeness (QED) is 0.331. The first-order valence-electron chi connectivity index (χ1n) is 9.66. The third-order valence-electron chi connectivity index (χ3n) is 4.69. The van der Waals surface area contributed by atoms with E-state index in [9.17, 15) is 8.42 Å². The first kappa shape index (κ1) is 21.6. The lowest BCUT2D eigenvalue weighted by molar-refractivity contribution is 0.597. The zero-order valence-electron chi connectivity index (χ0n) is 16.6. The van der Waals surface area contributed by atoms with E-state index in [4.69, 9.17) is 11.6 Å². The molecule has 5 nitrogen and oxygen atoms in total. The third-order valence-corrected chi connectivity index (χ3v) is 7.90. The smallest absolute Gasteiger partial charge is 0.191 e. The van der Waals surface area contributed by atoms with Gasteiger partial charge in [0, 0.05) is 16.3 Å². The number of aromatic nitrogens is 3. The van der Waals surface area contributed by atoms with E-state index in [0.717, 1.165) is 11.1 Å². The molecule has 0 amide bonds. The summed E-state index contributed by atoms with van der Waals surface area (Å²) in [5.74, 6) is 1.12.